The smallest absolute Gasteiger partial charge is 0.319 e. The van der Waals surface area contributed by atoms with E-state index < -0.39 is 22.9 Å². The third-order valence-corrected chi connectivity index (χ3v) is 4.16. The number of ketones is 1. The van der Waals surface area contributed by atoms with Crippen LogP contribution in [0.3, 0.4) is 0 Å². The number of benzene rings is 1. The van der Waals surface area contributed by atoms with Gasteiger partial charge in [0.05, 0.1) is 6.54 Å². The van der Waals surface area contributed by atoms with Crippen molar-refractivity contribution in [3.8, 4) is 0 Å². The molecule has 0 bridgehead atoms. The fourth-order valence-corrected chi connectivity index (χ4v) is 2.60. The Labute approximate surface area is 134 Å². The molecular weight excluding hydrogens is 304 g/mol. The molecule has 1 fully saturated rings. The van der Waals surface area contributed by atoms with Gasteiger partial charge >= 0.3 is 6.03 Å². The summed E-state index contributed by atoms with van der Waals surface area (Å²) in [6, 6.07) is 6.26. The first-order valence-electron chi connectivity index (χ1n) is 7.00. The number of carbonyl (C=O) groups excluding carboxylic acids is 3. The second-order valence-corrected chi connectivity index (χ2v) is 7.01. The molecule has 0 spiro atoms. The Balaban J connectivity index is 2.33. The second kappa shape index (κ2) is 5.39. The Morgan fingerprint density at radius 2 is 1.86 bits per heavy atom. The van der Waals surface area contributed by atoms with Crippen molar-refractivity contribution in [2.75, 3.05) is 6.54 Å². The molecule has 6 heteroatoms. The fraction of sp³-hybridized carbons (Fsp3) is 0.438. The second-order valence-electron chi connectivity index (χ2n) is 6.60. The number of Topliss-reactive ketones (excluding diaryl/α,β-unsaturated/α-hetero) is 1. The molecule has 118 valence electrons. The summed E-state index contributed by atoms with van der Waals surface area (Å²) >= 11 is 6.14. The Morgan fingerprint density at radius 1 is 1.27 bits per heavy atom. The van der Waals surface area contributed by atoms with Crippen LogP contribution in [0.15, 0.2) is 24.3 Å². The lowest BCUT2D eigenvalue weighted by atomic mass is 9.89. The van der Waals surface area contributed by atoms with Gasteiger partial charge in [0.1, 0.15) is 5.54 Å². The monoisotopic (exact) mass is 322 g/mol. The van der Waals surface area contributed by atoms with E-state index in [-0.39, 0.29) is 12.3 Å². The van der Waals surface area contributed by atoms with Gasteiger partial charge in [-0.1, -0.05) is 50.6 Å². The van der Waals surface area contributed by atoms with E-state index in [0.29, 0.717) is 10.6 Å². The van der Waals surface area contributed by atoms with E-state index in [4.69, 9.17) is 11.6 Å². The first-order chi connectivity index (χ1) is 10.1. The van der Waals surface area contributed by atoms with Gasteiger partial charge in [-0.2, -0.15) is 0 Å². The van der Waals surface area contributed by atoms with Crippen LogP contribution in [0.1, 0.15) is 33.3 Å². The number of hydrogen-bond acceptors (Lipinski definition) is 3. The standard InChI is InChI=1S/C16H19ClN2O3/c1-15(2,3)12(20)9-19-13(21)16(4,18-14(19)22)10-7-5-6-8-11(10)17/h5-8H,9H2,1-4H3,(H,18,22)/t16-/m0/s1. The van der Waals surface area contributed by atoms with Gasteiger partial charge in [-0.25, -0.2) is 4.79 Å². The molecule has 1 aliphatic rings. The summed E-state index contributed by atoms with van der Waals surface area (Å²) in [5, 5.41) is 3.04. The van der Waals surface area contributed by atoms with Crippen molar-refractivity contribution in [3.63, 3.8) is 0 Å². The number of imide groups is 1. The summed E-state index contributed by atoms with van der Waals surface area (Å²) in [7, 11) is 0. The molecule has 1 heterocycles. The number of halogens is 1. The van der Waals surface area contributed by atoms with Crippen LogP contribution < -0.4 is 5.32 Å². The van der Waals surface area contributed by atoms with E-state index in [1.807, 2.05) is 0 Å². The van der Waals surface area contributed by atoms with Gasteiger partial charge < -0.3 is 5.32 Å². The molecule has 2 rings (SSSR count). The van der Waals surface area contributed by atoms with Crippen LogP contribution in [0.2, 0.25) is 5.02 Å². The van der Waals surface area contributed by atoms with Gasteiger partial charge in [-0.3, -0.25) is 14.5 Å². The predicted molar refractivity (Wildman–Crippen MR) is 83.5 cm³/mol. The third-order valence-electron chi connectivity index (χ3n) is 3.83. The zero-order valence-electron chi connectivity index (χ0n) is 13.1. The largest absolute Gasteiger partial charge is 0.325 e. The van der Waals surface area contributed by atoms with Crippen LogP contribution in [0, 0.1) is 5.41 Å². The third kappa shape index (κ3) is 2.73. The van der Waals surface area contributed by atoms with Crippen molar-refractivity contribution in [1.82, 2.24) is 10.2 Å². The molecule has 5 nitrogen and oxygen atoms in total. The fourth-order valence-electron chi connectivity index (χ4n) is 2.27. The minimum atomic E-state index is -1.26. The van der Waals surface area contributed by atoms with Crippen LogP contribution in [0.25, 0.3) is 0 Å². The summed E-state index contributed by atoms with van der Waals surface area (Å²) < 4.78 is 0. The number of carbonyl (C=O) groups is 3. The molecular formula is C16H19ClN2O3. The summed E-state index contributed by atoms with van der Waals surface area (Å²) in [5.41, 5.74) is -1.36. The van der Waals surface area contributed by atoms with E-state index >= 15 is 0 Å². The van der Waals surface area contributed by atoms with Crippen molar-refractivity contribution in [1.29, 1.82) is 0 Å². The lowest BCUT2D eigenvalue weighted by molar-refractivity contribution is -0.136. The molecule has 1 atom stereocenters. The average molecular weight is 323 g/mol. The molecule has 0 unspecified atom stereocenters. The topological polar surface area (TPSA) is 66.5 Å². The summed E-state index contributed by atoms with van der Waals surface area (Å²) in [6.45, 7) is 6.60. The molecule has 0 aromatic heterocycles. The number of nitrogens with zero attached hydrogens (tertiary/aromatic N) is 1. The molecule has 1 aromatic carbocycles. The number of urea groups is 1. The van der Waals surface area contributed by atoms with E-state index in [2.05, 4.69) is 5.32 Å². The minimum Gasteiger partial charge on any atom is -0.319 e. The van der Waals surface area contributed by atoms with Gasteiger partial charge in [0.2, 0.25) is 0 Å². The van der Waals surface area contributed by atoms with Crippen LogP contribution in [0.4, 0.5) is 4.79 Å². The first-order valence-corrected chi connectivity index (χ1v) is 7.37. The molecule has 0 saturated carbocycles. The maximum Gasteiger partial charge on any atom is 0.325 e. The number of amides is 3. The Kier molecular flexibility index (Phi) is 4.04. The lowest BCUT2D eigenvalue weighted by Gasteiger charge is -2.24. The summed E-state index contributed by atoms with van der Waals surface area (Å²) in [5.74, 6) is -0.650. The molecule has 1 saturated heterocycles. The van der Waals surface area contributed by atoms with Crippen molar-refractivity contribution in [2.45, 2.75) is 33.2 Å². The Morgan fingerprint density at radius 3 is 2.41 bits per heavy atom. The minimum absolute atomic E-state index is 0.181. The van der Waals surface area contributed by atoms with Crippen LogP contribution in [0.5, 0.6) is 0 Å². The molecule has 1 N–H and O–H groups in total. The van der Waals surface area contributed by atoms with Crippen molar-refractivity contribution in [3.05, 3.63) is 34.9 Å². The first kappa shape index (κ1) is 16.5. The zero-order valence-corrected chi connectivity index (χ0v) is 13.8. The van der Waals surface area contributed by atoms with Crippen LogP contribution in [-0.2, 0) is 15.1 Å². The van der Waals surface area contributed by atoms with Crippen LogP contribution >= 0.6 is 11.6 Å². The van der Waals surface area contributed by atoms with Gasteiger partial charge in [0, 0.05) is 16.0 Å². The molecule has 3 amide bonds. The Bertz CT molecular complexity index is 651. The van der Waals surface area contributed by atoms with Gasteiger partial charge in [-0.15, -0.1) is 0 Å². The van der Waals surface area contributed by atoms with Gasteiger partial charge in [-0.05, 0) is 13.0 Å². The van der Waals surface area contributed by atoms with Crippen LogP contribution in [-0.4, -0.2) is 29.2 Å². The number of rotatable bonds is 3. The number of nitrogens with one attached hydrogen (secondary N) is 1. The highest BCUT2D eigenvalue weighted by molar-refractivity contribution is 6.32. The van der Waals surface area contributed by atoms with Crippen molar-refractivity contribution in [2.24, 2.45) is 5.41 Å². The lowest BCUT2D eigenvalue weighted by Crippen LogP contribution is -2.43. The molecule has 1 aliphatic heterocycles. The Hall–Kier alpha value is -1.88. The maximum absolute atomic E-state index is 12.7. The summed E-state index contributed by atoms with van der Waals surface area (Å²) in [4.78, 5) is 37.9. The van der Waals surface area contributed by atoms with Crippen molar-refractivity contribution < 1.29 is 14.4 Å². The van der Waals surface area contributed by atoms with E-state index in [9.17, 15) is 14.4 Å². The molecule has 22 heavy (non-hydrogen) atoms. The SMILES string of the molecule is CC(C)(C)C(=O)CN1C(=O)N[C@@](C)(c2ccccc2Cl)C1=O. The quantitative estimate of drug-likeness (QED) is 0.870. The van der Waals surface area contributed by atoms with E-state index in [1.165, 1.54) is 0 Å². The van der Waals surface area contributed by atoms with E-state index in [0.717, 1.165) is 4.90 Å². The predicted octanol–water partition coefficient (Wildman–Crippen LogP) is 2.72. The normalized spacial score (nSPS) is 22.0. The van der Waals surface area contributed by atoms with E-state index in [1.54, 1.807) is 52.0 Å². The maximum atomic E-state index is 12.7. The van der Waals surface area contributed by atoms with Crippen molar-refractivity contribution >= 4 is 29.3 Å². The average Bonchev–Trinajstić information content (AvgIpc) is 2.62. The van der Waals surface area contributed by atoms with Gasteiger partial charge in [0.25, 0.3) is 5.91 Å². The molecule has 1 aromatic rings. The zero-order chi connectivity index (χ0) is 16.7. The number of hydrogen-bond donors (Lipinski definition) is 1. The highest BCUT2D eigenvalue weighted by Gasteiger charge is 2.50. The van der Waals surface area contributed by atoms with Gasteiger partial charge in [0.15, 0.2) is 5.78 Å². The molecule has 0 radical (unpaired) electrons. The molecule has 0 aliphatic carbocycles. The highest BCUT2D eigenvalue weighted by atomic mass is 35.5. The summed E-state index contributed by atoms with van der Waals surface area (Å²) in [6.07, 6.45) is 0. The highest BCUT2D eigenvalue weighted by Crippen LogP contribution is 2.33.